The van der Waals surface area contributed by atoms with E-state index < -0.39 is 17.7 Å². The van der Waals surface area contributed by atoms with Crippen molar-refractivity contribution in [3.05, 3.63) is 35.5 Å². The zero-order valence-corrected chi connectivity index (χ0v) is 11.9. The number of halogens is 3. The van der Waals surface area contributed by atoms with Crippen molar-refractivity contribution < 1.29 is 23.1 Å². The van der Waals surface area contributed by atoms with Gasteiger partial charge in [0.05, 0.1) is 5.56 Å². The van der Waals surface area contributed by atoms with Gasteiger partial charge in [-0.1, -0.05) is 31.2 Å². The van der Waals surface area contributed by atoms with Crippen molar-refractivity contribution >= 4 is 5.97 Å². The molecule has 0 bridgehead atoms. The van der Waals surface area contributed by atoms with E-state index in [1.807, 2.05) is 13.8 Å². The van der Waals surface area contributed by atoms with E-state index in [1.165, 1.54) is 16.8 Å². The predicted molar refractivity (Wildman–Crippen MR) is 72.3 cm³/mol. The second-order valence-corrected chi connectivity index (χ2v) is 5.24. The number of rotatable bonds is 4. The molecular weight excluding hydrogens is 299 g/mol. The van der Waals surface area contributed by atoms with Crippen molar-refractivity contribution in [1.82, 2.24) is 15.0 Å². The molecule has 0 saturated carbocycles. The summed E-state index contributed by atoms with van der Waals surface area (Å²) >= 11 is 0. The molecule has 0 fully saturated rings. The number of nitrogens with zero attached hydrogens (tertiary/aromatic N) is 3. The van der Waals surface area contributed by atoms with Crippen LogP contribution < -0.4 is 0 Å². The van der Waals surface area contributed by atoms with Gasteiger partial charge in [-0.25, -0.2) is 9.48 Å². The third kappa shape index (κ3) is 3.26. The van der Waals surface area contributed by atoms with Crippen molar-refractivity contribution in [2.24, 2.45) is 5.92 Å². The molecule has 0 amide bonds. The molecule has 0 spiro atoms. The topological polar surface area (TPSA) is 68.0 Å². The summed E-state index contributed by atoms with van der Waals surface area (Å²) in [5.41, 5.74) is -0.539. The molecule has 1 aromatic carbocycles. The van der Waals surface area contributed by atoms with E-state index in [0.717, 1.165) is 12.1 Å². The van der Waals surface area contributed by atoms with Gasteiger partial charge in [0.2, 0.25) is 0 Å². The Kier molecular flexibility index (Phi) is 4.20. The molecule has 5 nitrogen and oxygen atoms in total. The van der Waals surface area contributed by atoms with Crippen molar-refractivity contribution in [3.8, 4) is 11.3 Å². The summed E-state index contributed by atoms with van der Waals surface area (Å²) in [5, 5.41) is 16.6. The number of hydrogen-bond donors (Lipinski definition) is 1. The lowest BCUT2D eigenvalue weighted by atomic mass is 10.1. The van der Waals surface area contributed by atoms with E-state index in [1.54, 1.807) is 0 Å². The van der Waals surface area contributed by atoms with Crippen LogP contribution in [0.2, 0.25) is 0 Å². The lowest BCUT2D eigenvalue weighted by Crippen LogP contribution is -2.09. The minimum atomic E-state index is -4.44. The van der Waals surface area contributed by atoms with Crippen LogP contribution in [0, 0.1) is 5.92 Å². The fourth-order valence-electron chi connectivity index (χ4n) is 2.03. The van der Waals surface area contributed by atoms with Gasteiger partial charge in [-0.2, -0.15) is 13.2 Å². The average Bonchev–Trinajstić information content (AvgIpc) is 2.81. The molecule has 1 heterocycles. The normalized spacial score (nSPS) is 11.9. The Morgan fingerprint density at radius 1 is 1.27 bits per heavy atom. The Hall–Kier alpha value is -2.38. The van der Waals surface area contributed by atoms with Crippen LogP contribution in [0.3, 0.4) is 0 Å². The fourth-order valence-corrected chi connectivity index (χ4v) is 2.03. The maximum Gasteiger partial charge on any atom is 0.416 e. The number of benzene rings is 1. The van der Waals surface area contributed by atoms with Gasteiger partial charge in [-0.05, 0) is 18.1 Å². The third-order valence-corrected chi connectivity index (χ3v) is 2.96. The van der Waals surface area contributed by atoms with Gasteiger partial charge in [-0.15, -0.1) is 5.10 Å². The van der Waals surface area contributed by atoms with Crippen LogP contribution in [0.4, 0.5) is 13.2 Å². The van der Waals surface area contributed by atoms with Crippen molar-refractivity contribution in [2.75, 3.05) is 0 Å². The van der Waals surface area contributed by atoms with E-state index in [9.17, 15) is 18.0 Å². The standard InChI is InChI=1S/C14H14F3N3O2/c1-8(2)7-20-12(11(13(21)22)18-19-20)9-3-5-10(6-4-9)14(15,16)17/h3-6,8H,7H2,1-2H3,(H,21,22). The molecule has 0 aliphatic heterocycles. The van der Waals surface area contributed by atoms with Gasteiger partial charge in [0.1, 0.15) is 5.69 Å². The first-order chi connectivity index (χ1) is 10.2. The van der Waals surface area contributed by atoms with Gasteiger partial charge in [0.25, 0.3) is 0 Å². The van der Waals surface area contributed by atoms with Gasteiger partial charge < -0.3 is 5.11 Å². The second kappa shape index (κ2) is 5.78. The maximum atomic E-state index is 12.6. The van der Waals surface area contributed by atoms with Crippen LogP contribution in [0.5, 0.6) is 0 Å². The highest BCUT2D eigenvalue weighted by Crippen LogP contribution is 2.31. The highest BCUT2D eigenvalue weighted by atomic mass is 19.4. The molecule has 0 aliphatic carbocycles. The first-order valence-corrected chi connectivity index (χ1v) is 6.54. The minimum Gasteiger partial charge on any atom is -0.476 e. The maximum absolute atomic E-state index is 12.6. The molecule has 1 N–H and O–H groups in total. The smallest absolute Gasteiger partial charge is 0.416 e. The lowest BCUT2D eigenvalue weighted by Gasteiger charge is -2.11. The molecule has 0 unspecified atom stereocenters. The van der Waals surface area contributed by atoms with E-state index in [-0.39, 0.29) is 17.3 Å². The van der Waals surface area contributed by atoms with Gasteiger partial charge in [-0.3, -0.25) is 0 Å². The number of aromatic nitrogens is 3. The van der Waals surface area contributed by atoms with Gasteiger partial charge in [0.15, 0.2) is 5.69 Å². The predicted octanol–water partition coefficient (Wildman–Crippen LogP) is 3.32. The SMILES string of the molecule is CC(C)Cn1nnc(C(=O)O)c1-c1ccc(C(F)(F)F)cc1. The molecule has 1 aromatic heterocycles. The molecular formula is C14H14F3N3O2. The van der Waals surface area contributed by atoms with Crippen LogP contribution in [-0.2, 0) is 12.7 Å². The number of carboxylic acid groups (broad SMARTS) is 1. The summed E-state index contributed by atoms with van der Waals surface area (Å²) < 4.78 is 39.2. The molecule has 22 heavy (non-hydrogen) atoms. The van der Waals surface area contributed by atoms with Crippen LogP contribution in [0.1, 0.15) is 29.9 Å². The Morgan fingerprint density at radius 2 is 1.86 bits per heavy atom. The highest BCUT2D eigenvalue weighted by Gasteiger charge is 2.30. The highest BCUT2D eigenvalue weighted by molar-refractivity contribution is 5.92. The molecule has 2 aromatic rings. The molecule has 0 saturated heterocycles. The first-order valence-electron chi connectivity index (χ1n) is 6.54. The summed E-state index contributed by atoms with van der Waals surface area (Å²) in [4.78, 5) is 11.2. The molecule has 118 valence electrons. The van der Waals surface area contributed by atoms with Crippen LogP contribution >= 0.6 is 0 Å². The van der Waals surface area contributed by atoms with Gasteiger partial charge in [0, 0.05) is 12.1 Å². The summed E-state index contributed by atoms with van der Waals surface area (Å²) in [5.74, 6) is -1.10. The van der Waals surface area contributed by atoms with E-state index in [4.69, 9.17) is 5.11 Å². The van der Waals surface area contributed by atoms with Crippen LogP contribution in [-0.4, -0.2) is 26.1 Å². The monoisotopic (exact) mass is 313 g/mol. The van der Waals surface area contributed by atoms with E-state index >= 15 is 0 Å². The minimum absolute atomic E-state index is 0.177. The molecule has 0 atom stereocenters. The molecule has 2 rings (SSSR count). The van der Waals surface area contributed by atoms with Crippen molar-refractivity contribution in [1.29, 1.82) is 0 Å². The Morgan fingerprint density at radius 3 is 2.32 bits per heavy atom. The quantitative estimate of drug-likeness (QED) is 0.940. The third-order valence-electron chi connectivity index (χ3n) is 2.96. The van der Waals surface area contributed by atoms with Crippen LogP contribution in [0.15, 0.2) is 24.3 Å². The van der Waals surface area contributed by atoms with Crippen LogP contribution in [0.25, 0.3) is 11.3 Å². The van der Waals surface area contributed by atoms with E-state index in [2.05, 4.69) is 10.3 Å². The number of carbonyl (C=O) groups is 1. The number of hydrogen-bond acceptors (Lipinski definition) is 3. The summed E-state index contributed by atoms with van der Waals surface area (Å²) in [6.07, 6.45) is -4.44. The fraction of sp³-hybridized carbons (Fsp3) is 0.357. The van der Waals surface area contributed by atoms with Crippen molar-refractivity contribution in [2.45, 2.75) is 26.6 Å². The van der Waals surface area contributed by atoms with Crippen molar-refractivity contribution in [3.63, 3.8) is 0 Å². The Bertz CT molecular complexity index is 676. The lowest BCUT2D eigenvalue weighted by molar-refractivity contribution is -0.137. The summed E-state index contributed by atoms with van der Waals surface area (Å²) in [7, 11) is 0. The zero-order valence-electron chi connectivity index (χ0n) is 11.9. The average molecular weight is 313 g/mol. The summed E-state index contributed by atoms with van der Waals surface area (Å²) in [6.45, 7) is 4.24. The number of carboxylic acids is 1. The Balaban J connectivity index is 2.50. The molecule has 0 aliphatic rings. The second-order valence-electron chi connectivity index (χ2n) is 5.24. The Labute approximate surface area is 124 Å². The van der Waals surface area contributed by atoms with E-state index in [0.29, 0.717) is 12.1 Å². The number of alkyl halides is 3. The zero-order chi connectivity index (χ0) is 16.5. The molecule has 0 radical (unpaired) electrons. The van der Waals surface area contributed by atoms with Gasteiger partial charge >= 0.3 is 12.1 Å². The molecule has 8 heteroatoms. The summed E-state index contributed by atoms with van der Waals surface area (Å²) in [6, 6.07) is 4.27. The largest absolute Gasteiger partial charge is 0.476 e. The first kappa shape index (κ1) is 16.0. The number of aromatic carboxylic acids is 1.